The molecule has 0 spiro atoms. The van der Waals surface area contributed by atoms with Crippen molar-refractivity contribution in [1.82, 2.24) is 10.2 Å². The highest BCUT2D eigenvalue weighted by atomic mass is 16.3. The molecule has 0 aromatic carbocycles. The summed E-state index contributed by atoms with van der Waals surface area (Å²) in [5.41, 5.74) is 5.81. The molecule has 1 saturated heterocycles. The number of aliphatic hydroxyl groups is 1. The fraction of sp³-hybridized carbons (Fsp3) is 0.889. The van der Waals surface area contributed by atoms with Crippen LogP contribution in [0.5, 0.6) is 0 Å². The van der Waals surface area contributed by atoms with Gasteiger partial charge in [-0.25, -0.2) is 0 Å². The molecule has 5 heteroatoms. The van der Waals surface area contributed by atoms with Gasteiger partial charge in [-0.05, 0) is 12.8 Å². The Balaban J connectivity index is 2.81. The Morgan fingerprint density at radius 1 is 1.57 bits per heavy atom. The van der Waals surface area contributed by atoms with E-state index in [2.05, 4.69) is 5.32 Å². The van der Waals surface area contributed by atoms with E-state index in [1.54, 1.807) is 0 Å². The van der Waals surface area contributed by atoms with Crippen LogP contribution in [-0.4, -0.2) is 40.9 Å². The molecule has 3 atom stereocenters. The van der Waals surface area contributed by atoms with Crippen molar-refractivity contribution in [2.75, 3.05) is 6.54 Å². The number of nitrogens with one attached hydrogen (secondary N) is 1. The van der Waals surface area contributed by atoms with E-state index in [1.165, 1.54) is 4.90 Å². The Labute approximate surface area is 84.3 Å². The van der Waals surface area contributed by atoms with Crippen LogP contribution in [0.25, 0.3) is 0 Å². The number of rotatable bonds is 3. The number of carbonyl (C=O) groups is 1. The summed E-state index contributed by atoms with van der Waals surface area (Å²) in [6.07, 6.45) is -0.888. The molecule has 1 amide bonds. The van der Waals surface area contributed by atoms with Gasteiger partial charge in [0.2, 0.25) is 5.91 Å². The molecule has 1 rings (SSSR count). The van der Waals surface area contributed by atoms with Crippen molar-refractivity contribution in [3.05, 3.63) is 0 Å². The fourth-order valence-electron chi connectivity index (χ4n) is 2.02. The number of nitrogens with two attached hydrogens (primary N) is 1. The van der Waals surface area contributed by atoms with Gasteiger partial charge in [-0.2, -0.15) is 0 Å². The molecular weight excluding hydrogens is 182 g/mol. The predicted molar refractivity (Wildman–Crippen MR) is 53.1 cm³/mol. The Morgan fingerprint density at radius 3 is 2.43 bits per heavy atom. The normalized spacial score (nSPS) is 27.1. The largest absolute Gasteiger partial charge is 0.361 e. The van der Waals surface area contributed by atoms with Gasteiger partial charge in [-0.1, -0.05) is 13.8 Å². The van der Waals surface area contributed by atoms with Gasteiger partial charge in [0.25, 0.3) is 0 Å². The third-order valence-electron chi connectivity index (χ3n) is 2.53. The molecule has 0 saturated carbocycles. The third kappa shape index (κ3) is 2.05. The van der Waals surface area contributed by atoms with Gasteiger partial charge in [0.15, 0.2) is 6.35 Å². The minimum absolute atomic E-state index is 0.0894. The first-order valence-corrected chi connectivity index (χ1v) is 4.93. The lowest BCUT2D eigenvalue weighted by atomic mass is 9.96. The highest BCUT2D eigenvalue weighted by molar-refractivity contribution is 5.80. The zero-order valence-corrected chi connectivity index (χ0v) is 8.90. The van der Waals surface area contributed by atoms with Gasteiger partial charge >= 0.3 is 0 Å². The van der Waals surface area contributed by atoms with E-state index in [-0.39, 0.29) is 30.5 Å². The molecule has 0 aromatic rings. The summed E-state index contributed by atoms with van der Waals surface area (Å²) >= 11 is 0. The van der Waals surface area contributed by atoms with Crippen LogP contribution >= 0.6 is 0 Å². The molecule has 5 nitrogen and oxygen atoms in total. The highest BCUT2D eigenvalue weighted by Crippen LogP contribution is 2.18. The van der Waals surface area contributed by atoms with Crippen molar-refractivity contribution in [2.45, 2.75) is 39.2 Å². The summed E-state index contributed by atoms with van der Waals surface area (Å²) in [5.74, 6) is 0.141. The van der Waals surface area contributed by atoms with Crippen molar-refractivity contribution in [3.8, 4) is 0 Å². The Hall–Kier alpha value is -0.650. The average Bonchev–Trinajstić information content (AvgIpc) is 2.34. The Morgan fingerprint density at radius 2 is 2.14 bits per heavy atom. The van der Waals surface area contributed by atoms with Gasteiger partial charge in [0, 0.05) is 6.04 Å². The lowest BCUT2D eigenvalue weighted by Crippen LogP contribution is -2.54. The van der Waals surface area contributed by atoms with Crippen LogP contribution in [-0.2, 0) is 4.79 Å². The van der Waals surface area contributed by atoms with Gasteiger partial charge in [-0.15, -0.1) is 0 Å². The maximum atomic E-state index is 11.5. The topological polar surface area (TPSA) is 78.6 Å². The van der Waals surface area contributed by atoms with Crippen LogP contribution in [0.2, 0.25) is 0 Å². The van der Waals surface area contributed by atoms with E-state index in [4.69, 9.17) is 5.73 Å². The first-order chi connectivity index (χ1) is 6.45. The van der Waals surface area contributed by atoms with Crippen molar-refractivity contribution in [2.24, 2.45) is 11.7 Å². The maximum absolute atomic E-state index is 11.5. The number of hydrogen-bond acceptors (Lipinski definition) is 4. The molecule has 0 bridgehead atoms. The minimum Gasteiger partial charge on any atom is -0.361 e. The lowest BCUT2D eigenvalue weighted by Gasteiger charge is -2.35. The van der Waals surface area contributed by atoms with Crippen molar-refractivity contribution >= 4 is 5.91 Å². The van der Waals surface area contributed by atoms with Crippen LogP contribution in [0.4, 0.5) is 0 Å². The molecule has 82 valence electrons. The van der Waals surface area contributed by atoms with E-state index < -0.39 is 6.35 Å². The van der Waals surface area contributed by atoms with Gasteiger partial charge in [0.1, 0.15) is 0 Å². The second-order valence-electron chi connectivity index (χ2n) is 4.15. The second kappa shape index (κ2) is 4.25. The Kier molecular flexibility index (Phi) is 3.47. The van der Waals surface area contributed by atoms with Gasteiger partial charge in [0.05, 0.1) is 12.6 Å². The summed E-state index contributed by atoms with van der Waals surface area (Å²) in [6, 6.07) is -0.263. The van der Waals surface area contributed by atoms with Crippen molar-refractivity contribution < 1.29 is 9.90 Å². The van der Waals surface area contributed by atoms with Crippen LogP contribution in [0, 0.1) is 5.92 Å². The zero-order chi connectivity index (χ0) is 10.9. The van der Waals surface area contributed by atoms with E-state index in [1.807, 2.05) is 20.8 Å². The zero-order valence-electron chi connectivity index (χ0n) is 8.90. The molecule has 3 unspecified atom stereocenters. The SMILES string of the molecule is CC(C)C(C(C)N)N1C(=O)CNC1O. The lowest BCUT2D eigenvalue weighted by molar-refractivity contribution is -0.138. The van der Waals surface area contributed by atoms with E-state index in [0.29, 0.717) is 0 Å². The molecule has 0 aromatic heterocycles. The number of hydrogen-bond donors (Lipinski definition) is 3. The monoisotopic (exact) mass is 201 g/mol. The smallest absolute Gasteiger partial charge is 0.240 e. The predicted octanol–water partition coefficient (Wildman–Crippen LogP) is -0.934. The molecule has 1 aliphatic rings. The molecule has 1 aliphatic heterocycles. The second-order valence-corrected chi connectivity index (χ2v) is 4.15. The summed E-state index contributed by atoms with van der Waals surface area (Å²) in [5, 5.41) is 12.3. The first-order valence-electron chi connectivity index (χ1n) is 4.93. The van der Waals surface area contributed by atoms with E-state index in [0.717, 1.165) is 0 Å². The van der Waals surface area contributed by atoms with Crippen molar-refractivity contribution in [3.63, 3.8) is 0 Å². The highest BCUT2D eigenvalue weighted by Gasteiger charge is 2.37. The molecule has 4 N–H and O–H groups in total. The number of carbonyl (C=O) groups excluding carboxylic acids is 1. The first kappa shape index (κ1) is 11.4. The van der Waals surface area contributed by atoms with Gasteiger partial charge < -0.3 is 10.8 Å². The molecular formula is C9H19N3O2. The maximum Gasteiger partial charge on any atom is 0.240 e. The number of amides is 1. The summed E-state index contributed by atoms with van der Waals surface area (Å²) < 4.78 is 0. The standard InChI is InChI=1S/C9H19N3O2/c1-5(2)8(6(3)10)12-7(13)4-11-9(12)14/h5-6,8-9,11,14H,4,10H2,1-3H3. The summed E-state index contributed by atoms with van der Waals surface area (Å²) in [7, 11) is 0. The number of nitrogens with zero attached hydrogens (tertiary/aromatic N) is 1. The molecule has 0 aliphatic carbocycles. The quantitative estimate of drug-likeness (QED) is 0.551. The molecule has 1 heterocycles. The third-order valence-corrected chi connectivity index (χ3v) is 2.53. The van der Waals surface area contributed by atoms with Gasteiger partial charge in [-0.3, -0.25) is 15.0 Å². The van der Waals surface area contributed by atoms with Crippen LogP contribution in [0.15, 0.2) is 0 Å². The summed E-state index contributed by atoms with van der Waals surface area (Å²) in [4.78, 5) is 12.9. The summed E-state index contributed by atoms with van der Waals surface area (Å²) in [6.45, 7) is 6.03. The minimum atomic E-state index is -0.888. The fourth-order valence-corrected chi connectivity index (χ4v) is 2.02. The number of aliphatic hydroxyl groups excluding tert-OH is 1. The molecule has 14 heavy (non-hydrogen) atoms. The van der Waals surface area contributed by atoms with E-state index in [9.17, 15) is 9.90 Å². The average molecular weight is 201 g/mol. The molecule has 1 fully saturated rings. The Bertz CT molecular complexity index is 210. The van der Waals surface area contributed by atoms with Crippen LogP contribution < -0.4 is 11.1 Å². The van der Waals surface area contributed by atoms with E-state index >= 15 is 0 Å². The van der Waals surface area contributed by atoms with Crippen LogP contribution in [0.1, 0.15) is 20.8 Å². The van der Waals surface area contributed by atoms with Crippen molar-refractivity contribution in [1.29, 1.82) is 0 Å². The van der Waals surface area contributed by atoms with Crippen LogP contribution in [0.3, 0.4) is 0 Å². The molecule has 0 radical (unpaired) electrons.